The van der Waals surface area contributed by atoms with Gasteiger partial charge in [-0.15, -0.1) is 5.10 Å². The van der Waals surface area contributed by atoms with E-state index in [2.05, 4.69) is 25.4 Å². The molecule has 2 aromatic rings. The van der Waals surface area contributed by atoms with E-state index >= 15 is 0 Å². The van der Waals surface area contributed by atoms with Gasteiger partial charge in [-0.05, 0) is 24.1 Å². The highest BCUT2D eigenvalue weighted by Gasteiger charge is 2.13. The Kier molecular flexibility index (Phi) is 5.84. The maximum atomic E-state index is 5.36. The molecule has 0 amide bonds. The number of hydrogen-bond acceptors (Lipinski definition) is 8. The molecule has 0 spiro atoms. The van der Waals surface area contributed by atoms with Gasteiger partial charge in [-0.3, -0.25) is 0 Å². The van der Waals surface area contributed by atoms with Crippen LogP contribution in [0, 0.1) is 0 Å². The van der Waals surface area contributed by atoms with Gasteiger partial charge < -0.3 is 24.4 Å². The first kappa shape index (κ1) is 17.2. The zero-order valence-corrected chi connectivity index (χ0v) is 14.6. The fraction of sp³-hybridized carbons (Fsp3) is 0.471. The zero-order chi connectivity index (χ0) is 17.5. The third kappa shape index (κ3) is 4.48. The second-order valence-electron chi connectivity index (χ2n) is 5.60. The zero-order valence-electron chi connectivity index (χ0n) is 14.6. The first-order chi connectivity index (χ1) is 12.3. The Morgan fingerprint density at radius 3 is 2.72 bits per heavy atom. The van der Waals surface area contributed by atoms with Crippen LogP contribution in [0.2, 0.25) is 0 Å². The summed E-state index contributed by atoms with van der Waals surface area (Å²) >= 11 is 0. The van der Waals surface area contributed by atoms with E-state index in [9.17, 15) is 0 Å². The molecule has 2 heterocycles. The van der Waals surface area contributed by atoms with Crippen molar-refractivity contribution in [3.63, 3.8) is 0 Å². The monoisotopic (exact) mass is 345 g/mol. The molecular weight excluding hydrogens is 322 g/mol. The van der Waals surface area contributed by atoms with E-state index in [0.717, 1.165) is 42.4 Å². The highest BCUT2D eigenvalue weighted by Crippen LogP contribution is 2.27. The Bertz CT molecular complexity index is 692. The summed E-state index contributed by atoms with van der Waals surface area (Å²) in [5, 5.41) is 11.3. The maximum Gasteiger partial charge on any atom is 0.244 e. The van der Waals surface area contributed by atoms with Crippen LogP contribution in [0.25, 0.3) is 0 Å². The molecule has 0 atom stereocenters. The average Bonchev–Trinajstić information content (AvgIpc) is 2.69. The van der Waals surface area contributed by atoms with Crippen molar-refractivity contribution >= 4 is 11.8 Å². The molecule has 8 nitrogen and oxygen atoms in total. The second kappa shape index (κ2) is 8.48. The molecule has 0 unspecified atom stereocenters. The van der Waals surface area contributed by atoms with Crippen LogP contribution < -0.4 is 19.7 Å². The number of hydrogen-bond donors (Lipinski definition) is 1. The smallest absolute Gasteiger partial charge is 0.244 e. The van der Waals surface area contributed by atoms with Gasteiger partial charge in [0, 0.05) is 19.6 Å². The predicted octanol–water partition coefficient (Wildman–Crippen LogP) is 1.38. The van der Waals surface area contributed by atoms with Crippen molar-refractivity contribution < 1.29 is 14.2 Å². The third-order valence-electron chi connectivity index (χ3n) is 4.03. The fourth-order valence-corrected chi connectivity index (χ4v) is 2.67. The molecule has 1 aromatic heterocycles. The lowest BCUT2D eigenvalue weighted by Crippen LogP contribution is -2.37. The van der Waals surface area contributed by atoms with Gasteiger partial charge in [0.05, 0.1) is 33.6 Å². The lowest BCUT2D eigenvalue weighted by Gasteiger charge is -2.27. The maximum absolute atomic E-state index is 5.36. The average molecular weight is 345 g/mol. The highest BCUT2D eigenvalue weighted by molar-refractivity contribution is 5.43. The van der Waals surface area contributed by atoms with Gasteiger partial charge in [0.25, 0.3) is 0 Å². The molecule has 25 heavy (non-hydrogen) atoms. The first-order valence-corrected chi connectivity index (χ1v) is 8.27. The van der Waals surface area contributed by atoms with Crippen LogP contribution in [0.4, 0.5) is 11.8 Å². The van der Waals surface area contributed by atoms with Crippen LogP contribution in [0.3, 0.4) is 0 Å². The number of morpholine rings is 1. The van der Waals surface area contributed by atoms with E-state index in [4.69, 9.17) is 14.2 Å². The van der Waals surface area contributed by atoms with Crippen LogP contribution in [0.5, 0.6) is 11.5 Å². The molecule has 8 heteroatoms. The summed E-state index contributed by atoms with van der Waals surface area (Å²) in [5.74, 6) is 2.81. The Morgan fingerprint density at radius 1 is 1.16 bits per heavy atom. The largest absolute Gasteiger partial charge is 0.493 e. The van der Waals surface area contributed by atoms with Gasteiger partial charge in [-0.25, -0.2) is 0 Å². The molecule has 1 aliphatic heterocycles. The SMILES string of the molecule is COc1ccc(CCNc2nncc(N3CCOCC3)n2)cc1OC. The van der Waals surface area contributed by atoms with Crippen molar-refractivity contribution in [3.05, 3.63) is 30.0 Å². The van der Waals surface area contributed by atoms with E-state index in [0.29, 0.717) is 25.7 Å². The van der Waals surface area contributed by atoms with Crippen molar-refractivity contribution in [2.45, 2.75) is 6.42 Å². The number of nitrogens with zero attached hydrogens (tertiary/aromatic N) is 4. The van der Waals surface area contributed by atoms with Gasteiger partial charge >= 0.3 is 0 Å². The molecule has 1 N–H and O–H groups in total. The lowest BCUT2D eigenvalue weighted by molar-refractivity contribution is 0.122. The number of methoxy groups -OCH3 is 2. The number of nitrogens with one attached hydrogen (secondary N) is 1. The normalized spacial score (nSPS) is 14.2. The summed E-state index contributed by atoms with van der Waals surface area (Å²) in [4.78, 5) is 6.68. The van der Waals surface area contributed by atoms with Crippen LogP contribution in [-0.4, -0.2) is 62.2 Å². The molecule has 1 aliphatic rings. The standard InChI is InChI=1S/C17H23N5O3/c1-23-14-4-3-13(11-15(14)24-2)5-6-18-17-20-16(12-19-21-17)22-7-9-25-10-8-22/h3-4,11-12H,5-10H2,1-2H3,(H,18,20,21). The van der Waals surface area contributed by atoms with Crippen molar-refractivity contribution in [2.24, 2.45) is 0 Å². The second-order valence-corrected chi connectivity index (χ2v) is 5.60. The highest BCUT2D eigenvalue weighted by atomic mass is 16.5. The quantitative estimate of drug-likeness (QED) is 0.806. The minimum atomic E-state index is 0.532. The van der Waals surface area contributed by atoms with Crippen molar-refractivity contribution in [1.29, 1.82) is 0 Å². The number of rotatable bonds is 7. The van der Waals surface area contributed by atoms with Gasteiger partial charge in [0.15, 0.2) is 17.3 Å². The van der Waals surface area contributed by atoms with Gasteiger partial charge in [-0.1, -0.05) is 6.07 Å². The minimum absolute atomic E-state index is 0.532. The van der Waals surface area contributed by atoms with Crippen molar-refractivity contribution in [1.82, 2.24) is 15.2 Å². The van der Waals surface area contributed by atoms with E-state index in [-0.39, 0.29) is 0 Å². The van der Waals surface area contributed by atoms with Crippen LogP contribution in [0.15, 0.2) is 24.4 Å². The first-order valence-electron chi connectivity index (χ1n) is 8.27. The Morgan fingerprint density at radius 2 is 1.96 bits per heavy atom. The molecular formula is C17H23N5O3. The van der Waals surface area contributed by atoms with E-state index in [1.807, 2.05) is 18.2 Å². The number of benzene rings is 1. The minimum Gasteiger partial charge on any atom is -0.493 e. The molecule has 0 aliphatic carbocycles. The summed E-state index contributed by atoms with van der Waals surface area (Å²) < 4.78 is 15.9. The summed E-state index contributed by atoms with van der Waals surface area (Å²) in [6.45, 7) is 3.77. The third-order valence-corrected chi connectivity index (χ3v) is 4.03. The molecule has 1 saturated heterocycles. The summed E-state index contributed by atoms with van der Waals surface area (Å²) in [7, 11) is 3.27. The predicted molar refractivity (Wildman–Crippen MR) is 94.6 cm³/mol. The fourth-order valence-electron chi connectivity index (χ4n) is 2.67. The van der Waals surface area contributed by atoms with E-state index < -0.39 is 0 Å². The number of ether oxygens (including phenoxy) is 3. The summed E-state index contributed by atoms with van der Waals surface area (Å²) in [6, 6.07) is 5.90. The molecule has 1 aromatic carbocycles. The number of anilines is 2. The Hall–Kier alpha value is -2.61. The molecule has 1 fully saturated rings. The van der Waals surface area contributed by atoms with Crippen molar-refractivity contribution in [3.8, 4) is 11.5 Å². The Labute approximate surface area is 147 Å². The van der Waals surface area contributed by atoms with Gasteiger partial charge in [0.1, 0.15) is 0 Å². The van der Waals surface area contributed by atoms with E-state index in [1.54, 1.807) is 20.4 Å². The molecule has 0 saturated carbocycles. The Balaban J connectivity index is 1.57. The van der Waals surface area contributed by atoms with Crippen LogP contribution in [0.1, 0.15) is 5.56 Å². The van der Waals surface area contributed by atoms with Gasteiger partial charge in [0.2, 0.25) is 5.95 Å². The molecule has 134 valence electrons. The van der Waals surface area contributed by atoms with Crippen LogP contribution >= 0.6 is 0 Å². The molecule has 0 radical (unpaired) electrons. The summed E-state index contributed by atoms with van der Waals surface area (Å²) in [5.41, 5.74) is 1.14. The van der Waals surface area contributed by atoms with Crippen LogP contribution in [-0.2, 0) is 11.2 Å². The summed E-state index contributed by atoms with van der Waals surface area (Å²) in [6.07, 6.45) is 2.50. The van der Waals surface area contributed by atoms with Gasteiger partial charge in [-0.2, -0.15) is 10.1 Å². The molecule has 3 rings (SSSR count). The lowest BCUT2D eigenvalue weighted by atomic mass is 10.1. The topological polar surface area (TPSA) is 81.6 Å². The van der Waals surface area contributed by atoms with E-state index in [1.165, 1.54) is 0 Å². The number of aromatic nitrogens is 3. The van der Waals surface area contributed by atoms with Crippen molar-refractivity contribution in [2.75, 3.05) is 57.3 Å². The molecule has 0 bridgehead atoms.